The van der Waals surface area contributed by atoms with Crippen LogP contribution in [0.15, 0.2) is 42.6 Å². The molecule has 32 heavy (non-hydrogen) atoms. The Morgan fingerprint density at radius 1 is 1.09 bits per heavy atom. The molecular formula is C24H30N6O2. The fraction of sp³-hybridized carbons (Fsp3) is 0.375. The van der Waals surface area contributed by atoms with Gasteiger partial charge in [0, 0.05) is 54.7 Å². The van der Waals surface area contributed by atoms with Crippen molar-refractivity contribution in [2.45, 2.75) is 25.9 Å². The number of nitrogens with zero attached hydrogens (tertiary/aromatic N) is 4. The van der Waals surface area contributed by atoms with Crippen molar-refractivity contribution in [2.75, 3.05) is 43.5 Å². The van der Waals surface area contributed by atoms with Crippen molar-refractivity contribution in [3.63, 3.8) is 0 Å². The lowest BCUT2D eigenvalue weighted by atomic mass is 9.99. The van der Waals surface area contributed by atoms with Gasteiger partial charge >= 0.3 is 0 Å². The van der Waals surface area contributed by atoms with Crippen molar-refractivity contribution in [3.8, 4) is 5.75 Å². The highest BCUT2D eigenvalue weighted by atomic mass is 16.5. The molecule has 8 heteroatoms. The molecule has 0 bridgehead atoms. The van der Waals surface area contributed by atoms with Crippen LogP contribution in [-0.4, -0.2) is 60.6 Å². The van der Waals surface area contributed by atoms with Crippen LogP contribution in [-0.2, 0) is 4.79 Å². The van der Waals surface area contributed by atoms with Crippen molar-refractivity contribution < 1.29 is 9.53 Å². The average Bonchev–Trinajstić information content (AvgIpc) is 2.83. The summed E-state index contributed by atoms with van der Waals surface area (Å²) in [5.74, 6) is 1.67. The number of aromatic nitrogens is 2. The quantitative estimate of drug-likeness (QED) is 0.548. The van der Waals surface area contributed by atoms with E-state index in [2.05, 4.69) is 41.2 Å². The summed E-state index contributed by atoms with van der Waals surface area (Å²) in [7, 11) is 1.69. The molecule has 2 aromatic carbocycles. The van der Waals surface area contributed by atoms with Crippen molar-refractivity contribution in [2.24, 2.45) is 5.73 Å². The maximum absolute atomic E-state index is 10.9. The summed E-state index contributed by atoms with van der Waals surface area (Å²) in [6.45, 7) is 7.48. The lowest BCUT2D eigenvalue weighted by Crippen LogP contribution is -2.53. The molecule has 3 N–H and O–H groups in total. The number of methoxy groups -OCH3 is 1. The molecule has 0 aliphatic carbocycles. The highest BCUT2D eigenvalue weighted by molar-refractivity contribution is 5.85. The second-order valence-corrected chi connectivity index (χ2v) is 8.29. The molecule has 1 fully saturated rings. The third-order valence-electron chi connectivity index (χ3n) is 5.91. The van der Waals surface area contributed by atoms with Crippen molar-refractivity contribution in [1.29, 1.82) is 0 Å². The number of hydrogen-bond donors (Lipinski definition) is 2. The van der Waals surface area contributed by atoms with Crippen LogP contribution >= 0.6 is 0 Å². The third kappa shape index (κ3) is 4.51. The van der Waals surface area contributed by atoms with Gasteiger partial charge in [-0.2, -0.15) is 0 Å². The molecule has 1 aliphatic heterocycles. The Hall–Kier alpha value is -3.23. The predicted molar refractivity (Wildman–Crippen MR) is 128 cm³/mol. The molecule has 0 spiro atoms. The number of nitrogens with one attached hydrogen (secondary N) is 1. The van der Waals surface area contributed by atoms with Crippen LogP contribution in [0.4, 0.5) is 17.3 Å². The first-order valence-electron chi connectivity index (χ1n) is 10.9. The van der Waals surface area contributed by atoms with Crippen molar-refractivity contribution in [1.82, 2.24) is 14.9 Å². The molecule has 0 amide bonds. The van der Waals surface area contributed by atoms with Gasteiger partial charge in [-0.25, -0.2) is 9.97 Å². The number of carbonyl (C=O) groups excluding carboxylic acids is 1. The van der Waals surface area contributed by atoms with Gasteiger partial charge in [0.1, 0.15) is 11.9 Å². The number of piperazine rings is 1. The number of benzene rings is 2. The second-order valence-electron chi connectivity index (χ2n) is 8.29. The summed E-state index contributed by atoms with van der Waals surface area (Å²) in [6.07, 6.45) is 2.13. The molecule has 1 saturated heterocycles. The standard InChI is InChI=1S/C24H30N6O2/c1-16(2)22-20(32-3)9-4-17-14-26-24(28-23(17)22)27-18-5-7-19(8-6-18)29-10-12-30(13-11-29)21(25)15-31/h4-9,14-16,21H,10-13,25H2,1-3H3,(H,26,27,28). The Labute approximate surface area is 188 Å². The maximum Gasteiger partial charge on any atom is 0.227 e. The van der Waals surface area contributed by atoms with E-state index >= 15 is 0 Å². The lowest BCUT2D eigenvalue weighted by molar-refractivity contribution is -0.112. The fourth-order valence-corrected chi connectivity index (χ4v) is 4.15. The zero-order valence-corrected chi connectivity index (χ0v) is 18.8. The number of hydrogen-bond acceptors (Lipinski definition) is 8. The van der Waals surface area contributed by atoms with Gasteiger partial charge in [0.2, 0.25) is 5.95 Å². The van der Waals surface area contributed by atoms with E-state index in [4.69, 9.17) is 15.5 Å². The van der Waals surface area contributed by atoms with Gasteiger partial charge < -0.3 is 25.5 Å². The number of nitrogens with two attached hydrogens (primary N) is 1. The smallest absolute Gasteiger partial charge is 0.227 e. The van der Waals surface area contributed by atoms with Gasteiger partial charge in [-0.05, 0) is 42.3 Å². The molecule has 1 aliphatic rings. The van der Waals surface area contributed by atoms with Crippen molar-refractivity contribution >= 4 is 34.5 Å². The molecule has 8 nitrogen and oxygen atoms in total. The zero-order valence-electron chi connectivity index (χ0n) is 18.8. The Morgan fingerprint density at radius 3 is 2.44 bits per heavy atom. The van der Waals surface area contributed by atoms with Gasteiger partial charge in [-0.3, -0.25) is 4.90 Å². The Balaban J connectivity index is 1.49. The van der Waals surface area contributed by atoms with E-state index in [0.29, 0.717) is 5.95 Å². The lowest BCUT2D eigenvalue weighted by Gasteiger charge is -2.37. The predicted octanol–water partition coefficient (Wildman–Crippen LogP) is 3.11. The minimum Gasteiger partial charge on any atom is -0.496 e. The van der Waals surface area contributed by atoms with Gasteiger partial charge in [-0.15, -0.1) is 0 Å². The summed E-state index contributed by atoms with van der Waals surface area (Å²) in [5.41, 5.74) is 9.86. The normalized spacial score (nSPS) is 15.7. The zero-order chi connectivity index (χ0) is 22.7. The minimum atomic E-state index is -0.512. The second kappa shape index (κ2) is 9.50. The van der Waals surface area contributed by atoms with E-state index in [9.17, 15) is 4.79 Å². The topological polar surface area (TPSA) is 96.6 Å². The SMILES string of the molecule is COc1ccc2cnc(Nc3ccc(N4CCN(C(N)C=O)CC4)cc3)nc2c1C(C)C. The Kier molecular flexibility index (Phi) is 6.53. The fourth-order valence-electron chi connectivity index (χ4n) is 4.15. The number of ether oxygens (including phenoxy) is 1. The number of rotatable bonds is 7. The highest BCUT2D eigenvalue weighted by Gasteiger charge is 2.21. The summed E-state index contributed by atoms with van der Waals surface area (Å²) in [6, 6.07) is 12.2. The Bertz CT molecular complexity index is 1080. The number of anilines is 3. The Morgan fingerprint density at radius 2 is 1.81 bits per heavy atom. The first-order chi connectivity index (χ1) is 15.5. The first kappa shape index (κ1) is 22.0. The van der Waals surface area contributed by atoms with Crippen LogP contribution < -0.4 is 20.7 Å². The van der Waals surface area contributed by atoms with Crippen molar-refractivity contribution in [3.05, 3.63) is 48.2 Å². The summed E-state index contributed by atoms with van der Waals surface area (Å²) >= 11 is 0. The maximum atomic E-state index is 10.9. The minimum absolute atomic E-state index is 0.275. The third-order valence-corrected chi connectivity index (χ3v) is 5.91. The van der Waals surface area contributed by atoms with Gasteiger partial charge in [0.25, 0.3) is 0 Å². The molecule has 1 aromatic heterocycles. The van der Waals surface area contributed by atoms with E-state index in [1.54, 1.807) is 7.11 Å². The molecule has 1 atom stereocenters. The van der Waals surface area contributed by atoms with E-state index in [-0.39, 0.29) is 5.92 Å². The molecule has 2 heterocycles. The number of aldehydes is 1. The summed E-state index contributed by atoms with van der Waals surface area (Å²) < 4.78 is 5.56. The van der Waals surface area contributed by atoms with Gasteiger partial charge in [0.05, 0.1) is 12.6 Å². The summed E-state index contributed by atoms with van der Waals surface area (Å²) in [4.78, 5) is 24.5. The van der Waals surface area contributed by atoms with Crippen LogP contribution in [0.2, 0.25) is 0 Å². The van der Waals surface area contributed by atoms with Crippen LogP contribution in [0.25, 0.3) is 10.9 Å². The highest BCUT2D eigenvalue weighted by Crippen LogP contribution is 2.33. The van der Waals surface area contributed by atoms with Crippen LogP contribution in [0.1, 0.15) is 25.3 Å². The monoisotopic (exact) mass is 434 g/mol. The van der Waals surface area contributed by atoms with E-state index in [1.165, 1.54) is 0 Å². The molecule has 3 aromatic rings. The van der Waals surface area contributed by atoms with Gasteiger partial charge in [0.15, 0.2) is 6.29 Å². The molecule has 0 saturated carbocycles. The average molecular weight is 435 g/mol. The molecular weight excluding hydrogens is 404 g/mol. The molecule has 0 radical (unpaired) electrons. The number of fused-ring (bicyclic) bond motifs is 1. The first-order valence-corrected chi connectivity index (χ1v) is 10.9. The van der Waals surface area contributed by atoms with E-state index < -0.39 is 6.17 Å². The van der Waals surface area contributed by atoms with Crippen LogP contribution in [0.3, 0.4) is 0 Å². The van der Waals surface area contributed by atoms with Crippen LogP contribution in [0.5, 0.6) is 5.75 Å². The molecule has 1 unspecified atom stereocenters. The van der Waals surface area contributed by atoms with E-state index in [1.807, 2.05) is 35.4 Å². The van der Waals surface area contributed by atoms with Gasteiger partial charge in [-0.1, -0.05) is 13.8 Å². The molecule has 168 valence electrons. The number of carbonyl (C=O) groups is 1. The van der Waals surface area contributed by atoms with Crippen LogP contribution in [0, 0.1) is 0 Å². The van der Waals surface area contributed by atoms with E-state index in [0.717, 1.165) is 66.1 Å². The largest absolute Gasteiger partial charge is 0.496 e. The summed E-state index contributed by atoms with van der Waals surface area (Å²) in [5, 5.41) is 4.30. The molecule has 4 rings (SSSR count).